The van der Waals surface area contributed by atoms with E-state index in [4.69, 9.17) is 16.5 Å². The molecule has 174 valence electrons. The predicted molar refractivity (Wildman–Crippen MR) is 133 cm³/mol. The van der Waals surface area contributed by atoms with Gasteiger partial charge >= 0.3 is 0 Å². The number of nitrogens with one attached hydrogen (secondary N) is 1. The Hall–Kier alpha value is -3.97. The molecule has 7 heteroatoms. The van der Waals surface area contributed by atoms with Crippen molar-refractivity contribution in [2.45, 2.75) is 24.4 Å². The van der Waals surface area contributed by atoms with Gasteiger partial charge in [-0.3, -0.25) is 14.5 Å². The lowest BCUT2D eigenvalue weighted by Gasteiger charge is -2.27. The van der Waals surface area contributed by atoms with Crippen LogP contribution in [0, 0.1) is 0 Å². The Morgan fingerprint density at radius 1 is 0.882 bits per heavy atom. The van der Waals surface area contributed by atoms with Gasteiger partial charge in [0.2, 0.25) is 5.91 Å². The number of guanidine groups is 1. The molecule has 0 bridgehead atoms. The Labute approximate surface area is 199 Å². The van der Waals surface area contributed by atoms with Gasteiger partial charge in [0.25, 0.3) is 5.91 Å². The van der Waals surface area contributed by atoms with Crippen LogP contribution in [0.1, 0.15) is 35.6 Å². The first kappa shape index (κ1) is 23.2. The summed E-state index contributed by atoms with van der Waals surface area (Å²) in [6.45, 7) is 0.872. The molecular weight excluding hydrogens is 426 g/mol. The highest BCUT2D eigenvalue weighted by Gasteiger charge is 2.50. The maximum atomic E-state index is 13.7. The molecule has 0 radical (unpaired) electrons. The molecule has 0 saturated carbocycles. The fraction of sp³-hybridized carbons (Fsp3) is 0.222. The summed E-state index contributed by atoms with van der Waals surface area (Å²) in [5.41, 5.74) is 13.4. The van der Waals surface area contributed by atoms with Crippen LogP contribution in [0.15, 0.2) is 96.0 Å². The highest BCUT2D eigenvalue weighted by molar-refractivity contribution is 6.09. The monoisotopic (exact) mass is 455 g/mol. The van der Waals surface area contributed by atoms with Crippen molar-refractivity contribution in [3.63, 3.8) is 0 Å². The van der Waals surface area contributed by atoms with Gasteiger partial charge in [-0.25, -0.2) is 4.99 Å². The second-order valence-electron chi connectivity index (χ2n) is 8.26. The Bertz CT molecular complexity index is 1110. The van der Waals surface area contributed by atoms with Crippen molar-refractivity contribution >= 4 is 17.8 Å². The zero-order valence-corrected chi connectivity index (χ0v) is 18.9. The molecule has 3 aromatic carbocycles. The molecule has 0 aromatic heterocycles. The van der Waals surface area contributed by atoms with Gasteiger partial charge < -0.3 is 16.8 Å². The van der Waals surface area contributed by atoms with E-state index in [1.54, 1.807) is 0 Å². The number of carbonyl (C=O) groups excluding carboxylic acids is 2. The van der Waals surface area contributed by atoms with Crippen LogP contribution in [-0.2, 0) is 15.1 Å². The third-order valence-corrected chi connectivity index (χ3v) is 6.05. The number of benzene rings is 3. The number of rotatable bonds is 9. The summed E-state index contributed by atoms with van der Waals surface area (Å²) in [5.74, 6) is -0.193. The molecule has 1 aliphatic rings. The molecule has 7 nitrogen and oxygen atoms in total. The second kappa shape index (κ2) is 10.3. The summed E-state index contributed by atoms with van der Waals surface area (Å²) in [6, 6.07) is 27.5. The molecule has 0 aliphatic carbocycles. The number of hydrogen-bond donors (Lipinski definition) is 3. The Morgan fingerprint density at radius 2 is 1.41 bits per heavy atom. The van der Waals surface area contributed by atoms with Gasteiger partial charge in [0.15, 0.2) is 11.5 Å². The van der Waals surface area contributed by atoms with Crippen molar-refractivity contribution < 1.29 is 9.59 Å². The Morgan fingerprint density at radius 3 is 1.97 bits per heavy atom. The summed E-state index contributed by atoms with van der Waals surface area (Å²) in [5, 5.41) is 2.87. The molecule has 0 fully saturated rings. The highest BCUT2D eigenvalue weighted by Crippen LogP contribution is 2.39. The lowest BCUT2D eigenvalue weighted by atomic mass is 9.83. The van der Waals surface area contributed by atoms with Crippen LogP contribution in [0.25, 0.3) is 0 Å². The largest absolute Gasteiger partial charge is 0.369 e. The fourth-order valence-corrected chi connectivity index (χ4v) is 4.23. The van der Waals surface area contributed by atoms with E-state index in [0.717, 1.165) is 16.7 Å². The third kappa shape index (κ3) is 4.56. The number of aliphatic imine (C=N–C) groups is 1. The van der Waals surface area contributed by atoms with Gasteiger partial charge in [-0.15, -0.1) is 0 Å². The number of unbranched alkanes of at least 4 members (excludes halogenated alkanes) is 1. The van der Waals surface area contributed by atoms with Crippen LogP contribution >= 0.6 is 0 Å². The van der Waals surface area contributed by atoms with Crippen molar-refractivity contribution in [2.75, 3.05) is 13.1 Å². The lowest BCUT2D eigenvalue weighted by Crippen LogP contribution is -2.44. The molecular formula is C27H29N5O2. The molecule has 1 atom stereocenters. The van der Waals surface area contributed by atoms with Gasteiger partial charge in [0.1, 0.15) is 6.04 Å². The molecule has 1 heterocycles. The summed E-state index contributed by atoms with van der Waals surface area (Å²) in [6.07, 6.45) is 1.33. The standard InChI is InChI=1S/C27H29N5O2/c28-23(20-12-4-1-5-13-20)24(33)30-18-10-11-19-32-25(34)27(31-26(32)29,21-14-6-2-7-15-21)22-16-8-3-9-17-22/h1-9,12-17,23H,10-11,18-19,28H2,(H2,29,31)(H,30,33)/t23-/m0/s1. The van der Waals surface area contributed by atoms with Crippen LogP contribution in [-0.4, -0.2) is 35.8 Å². The van der Waals surface area contributed by atoms with E-state index in [1.165, 1.54) is 4.90 Å². The summed E-state index contributed by atoms with van der Waals surface area (Å²) in [7, 11) is 0. The highest BCUT2D eigenvalue weighted by atomic mass is 16.2. The topological polar surface area (TPSA) is 114 Å². The number of carbonyl (C=O) groups is 2. The molecule has 0 spiro atoms. The normalized spacial score (nSPS) is 15.6. The first-order chi connectivity index (χ1) is 16.5. The molecule has 4 rings (SSSR count). The summed E-state index contributed by atoms with van der Waals surface area (Å²) < 4.78 is 0. The van der Waals surface area contributed by atoms with Crippen molar-refractivity contribution in [3.05, 3.63) is 108 Å². The van der Waals surface area contributed by atoms with E-state index < -0.39 is 11.6 Å². The first-order valence-corrected chi connectivity index (χ1v) is 11.4. The minimum atomic E-state index is -1.19. The van der Waals surface area contributed by atoms with Crippen LogP contribution in [0.2, 0.25) is 0 Å². The van der Waals surface area contributed by atoms with Gasteiger partial charge in [0.05, 0.1) is 0 Å². The SMILES string of the molecule is NC1=NC(c2ccccc2)(c2ccccc2)C(=O)N1CCCCNC(=O)[C@@H](N)c1ccccc1. The number of hydrogen-bond acceptors (Lipinski definition) is 5. The molecule has 5 N–H and O–H groups in total. The molecule has 0 saturated heterocycles. The zero-order valence-electron chi connectivity index (χ0n) is 18.9. The summed E-state index contributed by atoms with van der Waals surface area (Å²) >= 11 is 0. The molecule has 3 aromatic rings. The second-order valence-corrected chi connectivity index (χ2v) is 8.26. The average molecular weight is 456 g/mol. The number of nitrogens with two attached hydrogens (primary N) is 2. The lowest BCUT2D eigenvalue weighted by molar-refractivity contribution is -0.130. The minimum absolute atomic E-state index is 0.169. The van der Waals surface area contributed by atoms with E-state index in [9.17, 15) is 9.59 Å². The predicted octanol–water partition coefficient (Wildman–Crippen LogP) is 2.68. The molecule has 2 amide bonds. The van der Waals surface area contributed by atoms with Crippen molar-refractivity contribution in [3.8, 4) is 0 Å². The van der Waals surface area contributed by atoms with E-state index >= 15 is 0 Å². The van der Waals surface area contributed by atoms with Gasteiger partial charge in [0, 0.05) is 13.1 Å². The van der Waals surface area contributed by atoms with E-state index in [1.807, 2.05) is 91.0 Å². The average Bonchev–Trinajstić information content (AvgIpc) is 3.15. The van der Waals surface area contributed by atoms with Crippen LogP contribution < -0.4 is 16.8 Å². The van der Waals surface area contributed by atoms with E-state index in [0.29, 0.717) is 25.9 Å². The van der Waals surface area contributed by atoms with Gasteiger partial charge in [-0.2, -0.15) is 0 Å². The van der Waals surface area contributed by atoms with E-state index in [-0.39, 0.29) is 17.8 Å². The van der Waals surface area contributed by atoms with E-state index in [2.05, 4.69) is 5.32 Å². The maximum absolute atomic E-state index is 13.7. The molecule has 1 aliphatic heterocycles. The van der Waals surface area contributed by atoms with Crippen molar-refractivity contribution in [2.24, 2.45) is 16.5 Å². The smallest absolute Gasteiger partial charge is 0.266 e. The number of amides is 2. The first-order valence-electron chi connectivity index (χ1n) is 11.4. The zero-order chi connectivity index (χ0) is 24.0. The Balaban J connectivity index is 1.38. The third-order valence-electron chi connectivity index (χ3n) is 6.05. The maximum Gasteiger partial charge on any atom is 0.266 e. The fourth-order valence-electron chi connectivity index (χ4n) is 4.23. The molecule has 0 unspecified atom stereocenters. The van der Waals surface area contributed by atoms with Crippen molar-refractivity contribution in [1.29, 1.82) is 0 Å². The number of nitrogens with zero attached hydrogens (tertiary/aromatic N) is 2. The minimum Gasteiger partial charge on any atom is -0.369 e. The summed E-state index contributed by atoms with van der Waals surface area (Å²) in [4.78, 5) is 32.3. The van der Waals surface area contributed by atoms with Gasteiger partial charge in [-0.05, 0) is 29.5 Å². The molecule has 34 heavy (non-hydrogen) atoms. The van der Waals surface area contributed by atoms with Gasteiger partial charge in [-0.1, -0.05) is 91.0 Å². The Kier molecular flexibility index (Phi) is 7.04. The van der Waals surface area contributed by atoms with Crippen LogP contribution in [0.5, 0.6) is 0 Å². The van der Waals surface area contributed by atoms with Crippen LogP contribution in [0.4, 0.5) is 0 Å². The van der Waals surface area contributed by atoms with Crippen LogP contribution in [0.3, 0.4) is 0 Å². The van der Waals surface area contributed by atoms with Crippen molar-refractivity contribution in [1.82, 2.24) is 10.2 Å². The quantitative estimate of drug-likeness (QED) is 0.431.